The fraction of sp³-hybridized carbons (Fsp3) is 0.875. The Balaban J connectivity index is 2.79. The van der Waals surface area contributed by atoms with Crippen molar-refractivity contribution in [3.05, 3.63) is 0 Å². The molecule has 1 aliphatic carbocycles. The summed E-state index contributed by atoms with van der Waals surface area (Å²) in [6.07, 6.45) is 0. The number of rotatable bonds is 2. The molecule has 1 aliphatic rings. The molecule has 14 heavy (non-hydrogen) atoms. The molecule has 3 atom stereocenters. The summed E-state index contributed by atoms with van der Waals surface area (Å²) >= 11 is 28.4. The van der Waals surface area contributed by atoms with Crippen LogP contribution in [0, 0.1) is 17.3 Å². The molecule has 0 amide bonds. The number of carbonyl (C=O) groups excluding carboxylic acids is 1. The van der Waals surface area contributed by atoms with E-state index in [-0.39, 0.29) is 17.3 Å². The first kappa shape index (κ1) is 13.2. The first-order valence-electron chi connectivity index (χ1n) is 4.00. The van der Waals surface area contributed by atoms with Crippen LogP contribution in [0.5, 0.6) is 0 Å². The summed E-state index contributed by atoms with van der Waals surface area (Å²) in [7, 11) is 0. The molecule has 0 aromatic rings. The van der Waals surface area contributed by atoms with Crippen LogP contribution in [-0.2, 0) is 4.79 Å². The highest BCUT2D eigenvalue weighted by molar-refractivity contribution is 6.70. The van der Waals surface area contributed by atoms with Crippen molar-refractivity contribution >= 4 is 63.2 Å². The minimum absolute atomic E-state index is 0.179. The SMILES string of the molecule is CC1(C)[C@H](C(=O)Cl)[C@H]1C(Cl)C(Cl)(Cl)Cl. The Morgan fingerprint density at radius 3 is 2.00 bits per heavy atom. The second kappa shape index (κ2) is 3.85. The monoisotopic (exact) mass is 296 g/mol. The van der Waals surface area contributed by atoms with Crippen molar-refractivity contribution < 1.29 is 4.79 Å². The normalized spacial score (nSPS) is 32.5. The summed E-state index contributed by atoms with van der Waals surface area (Å²) in [5.74, 6) is -0.496. The van der Waals surface area contributed by atoms with E-state index in [1.807, 2.05) is 13.8 Å². The highest BCUT2D eigenvalue weighted by Gasteiger charge is 2.66. The van der Waals surface area contributed by atoms with Crippen LogP contribution in [0.3, 0.4) is 0 Å². The van der Waals surface area contributed by atoms with Gasteiger partial charge in [-0.05, 0) is 22.9 Å². The highest BCUT2D eigenvalue weighted by Crippen LogP contribution is 2.64. The lowest BCUT2D eigenvalue weighted by atomic mass is 10.1. The van der Waals surface area contributed by atoms with Gasteiger partial charge in [-0.15, -0.1) is 11.6 Å². The predicted molar refractivity (Wildman–Crippen MR) is 61.6 cm³/mol. The smallest absolute Gasteiger partial charge is 0.225 e. The molecule has 0 heterocycles. The molecule has 0 aliphatic heterocycles. The Morgan fingerprint density at radius 1 is 1.36 bits per heavy atom. The third-order valence-corrected chi connectivity index (χ3v) is 4.66. The van der Waals surface area contributed by atoms with Gasteiger partial charge >= 0.3 is 0 Å². The Morgan fingerprint density at radius 2 is 1.79 bits per heavy atom. The van der Waals surface area contributed by atoms with Crippen LogP contribution in [0.2, 0.25) is 0 Å². The van der Waals surface area contributed by atoms with Gasteiger partial charge in [0.25, 0.3) is 0 Å². The van der Waals surface area contributed by atoms with Gasteiger partial charge in [0, 0.05) is 5.92 Å². The average molecular weight is 298 g/mol. The molecular formula is C8H9Cl5O. The lowest BCUT2D eigenvalue weighted by Crippen LogP contribution is -2.24. The van der Waals surface area contributed by atoms with Gasteiger partial charge in [0.05, 0.1) is 5.38 Å². The summed E-state index contributed by atoms with van der Waals surface area (Å²) in [5, 5.41) is -1.12. The van der Waals surface area contributed by atoms with E-state index in [4.69, 9.17) is 58.0 Å². The van der Waals surface area contributed by atoms with Crippen molar-refractivity contribution in [3.8, 4) is 0 Å². The van der Waals surface area contributed by atoms with Crippen molar-refractivity contribution in [2.75, 3.05) is 0 Å². The van der Waals surface area contributed by atoms with Gasteiger partial charge < -0.3 is 0 Å². The van der Waals surface area contributed by atoms with Crippen LogP contribution in [0.25, 0.3) is 0 Å². The van der Waals surface area contributed by atoms with Gasteiger partial charge in [-0.1, -0.05) is 48.7 Å². The van der Waals surface area contributed by atoms with Gasteiger partial charge in [0.2, 0.25) is 9.03 Å². The van der Waals surface area contributed by atoms with Gasteiger partial charge in [-0.3, -0.25) is 4.79 Å². The highest BCUT2D eigenvalue weighted by atomic mass is 35.6. The number of alkyl halides is 4. The van der Waals surface area contributed by atoms with Crippen LogP contribution in [-0.4, -0.2) is 14.4 Å². The van der Waals surface area contributed by atoms with Gasteiger partial charge in [-0.25, -0.2) is 0 Å². The molecule has 1 saturated carbocycles. The first-order valence-corrected chi connectivity index (χ1v) is 5.95. The van der Waals surface area contributed by atoms with E-state index in [2.05, 4.69) is 0 Å². The summed E-state index contributed by atoms with van der Waals surface area (Å²) in [6.45, 7) is 3.77. The predicted octanol–water partition coefficient (Wildman–Crippen LogP) is 4.00. The van der Waals surface area contributed by atoms with Crippen LogP contribution in [0.4, 0.5) is 0 Å². The second-order valence-corrected chi connectivity index (χ2v) is 7.28. The minimum Gasteiger partial charge on any atom is -0.281 e. The molecule has 0 radical (unpaired) electrons. The molecule has 1 rings (SSSR count). The van der Waals surface area contributed by atoms with Crippen molar-refractivity contribution in [1.82, 2.24) is 0 Å². The number of halogens is 5. The second-order valence-electron chi connectivity index (χ2n) is 4.07. The van der Waals surface area contributed by atoms with Crippen molar-refractivity contribution in [2.24, 2.45) is 17.3 Å². The molecule has 0 saturated heterocycles. The van der Waals surface area contributed by atoms with Crippen molar-refractivity contribution in [2.45, 2.75) is 23.0 Å². The third-order valence-electron chi connectivity index (χ3n) is 2.78. The quantitative estimate of drug-likeness (QED) is 0.556. The molecule has 0 aromatic heterocycles. The zero-order valence-corrected chi connectivity index (χ0v) is 11.3. The molecule has 0 aromatic carbocycles. The summed E-state index contributed by atoms with van der Waals surface area (Å²) in [5.41, 5.74) is -0.283. The Kier molecular flexibility index (Phi) is 3.63. The topological polar surface area (TPSA) is 17.1 Å². The number of carbonyl (C=O) groups is 1. The fourth-order valence-electron chi connectivity index (χ4n) is 1.86. The van der Waals surface area contributed by atoms with Crippen LogP contribution < -0.4 is 0 Å². The standard InChI is InChI=1S/C8H9Cl5O/c1-7(2)3(4(7)6(10)14)5(9)8(11,12)13/h3-5H,1-2H3/t3-,4-,5?/m0/s1. The summed E-state index contributed by atoms with van der Waals surface area (Å²) < 4.78 is -1.56. The Hall–Kier alpha value is 1.12. The number of hydrogen-bond donors (Lipinski definition) is 0. The maximum atomic E-state index is 11.0. The lowest BCUT2D eigenvalue weighted by molar-refractivity contribution is -0.113. The van der Waals surface area contributed by atoms with Crippen LogP contribution in [0.1, 0.15) is 13.8 Å². The molecule has 1 nitrogen and oxygen atoms in total. The van der Waals surface area contributed by atoms with E-state index < -0.39 is 14.4 Å². The summed E-state index contributed by atoms with van der Waals surface area (Å²) in [6, 6.07) is 0. The van der Waals surface area contributed by atoms with E-state index in [1.54, 1.807) is 0 Å². The van der Waals surface area contributed by atoms with E-state index in [1.165, 1.54) is 0 Å². The zero-order valence-electron chi connectivity index (χ0n) is 7.53. The number of hydrogen-bond acceptors (Lipinski definition) is 1. The van der Waals surface area contributed by atoms with Gasteiger partial charge in [0.15, 0.2) is 0 Å². The van der Waals surface area contributed by atoms with E-state index in [0.29, 0.717) is 0 Å². The molecule has 0 bridgehead atoms. The van der Waals surface area contributed by atoms with Crippen molar-refractivity contribution in [1.29, 1.82) is 0 Å². The maximum absolute atomic E-state index is 11.0. The zero-order chi connectivity index (χ0) is 11.3. The molecule has 0 N–H and O–H groups in total. The largest absolute Gasteiger partial charge is 0.281 e. The van der Waals surface area contributed by atoms with Crippen LogP contribution in [0.15, 0.2) is 0 Å². The Labute approximate surface area is 108 Å². The van der Waals surface area contributed by atoms with E-state index in [9.17, 15) is 4.79 Å². The summed E-state index contributed by atoms with van der Waals surface area (Å²) in [4.78, 5) is 11.0. The lowest BCUT2D eigenvalue weighted by Gasteiger charge is -2.19. The van der Waals surface area contributed by atoms with Gasteiger partial charge in [-0.2, -0.15) is 0 Å². The fourth-order valence-corrected chi connectivity index (χ4v) is 3.16. The van der Waals surface area contributed by atoms with Gasteiger partial charge in [0.1, 0.15) is 0 Å². The average Bonchev–Trinajstić information content (AvgIpc) is 2.49. The maximum Gasteiger partial charge on any atom is 0.225 e. The minimum atomic E-state index is -1.56. The first-order chi connectivity index (χ1) is 6.10. The molecule has 1 unspecified atom stereocenters. The Bertz CT molecular complexity index is 257. The molecular weight excluding hydrogens is 289 g/mol. The third kappa shape index (κ3) is 2.27. The van der Waals surface area contributed by atoms with Crippen LogP contribution >= 0.6 is 58.0 Å². The molecule has 0 spiro atoms. The van der Waals surface area contributed by atoms with Crippen molar-refractivity contribution in [3.63, 3.8) is 0 Å². The molecule has 82 valence electrons. The molecule has 1 fully saturated rings. The van der Waals surface area contributed by atoms with E-state index in [0.717, 1.165) is 0 Å². The van der Waals surface area contributed by atoms with E-state index >= 15 is 0 Å². The molecule has 6 heteroatoms.